The highest BCUT2D eigenvalue weighted by atomic mass is 16.6. The Morgan fingerprint density at radius 2 is 1.00 bits per heavy atom. The third-order valence-corrected chi connectivity index (χ3v) is 12.3. The molecule has 0 bridgehead atoms. The number of nitrogens with one attached hydrogen (secondary N) is 1. The Hall–Kier alpha value is -2.35. The maximum Gasteiger partial charge on any atom is 0.407 e. The standard InChI is InChI=1S/C54H102N2O6/c1-7-13-17-21-25-26-27-28-29-30-31-32-33-37-41-45-51(57)62-54(46-42-38-34-22-18-14-8-2,49-60-53(59)55-47-48-56(11-5)12-6)52(58)61-50(43-39-35-23-19-15-9-3)44-40-36-24-20-16-10-4/h25-26,28-29,50H,7-24,27,30-49H2,1-6H3,(H,55,59)/b26-25-,29-28-. The SMILES string of the molecule is CCCCC/C=C\C/C=C\CCCCCCCC(=O)OC(CCCCCCCCC)(COC(=O)NCCN(CC)CC)C(=O)OC(CCCCCCCC)CCCCCCCC. The van der Waals surface area contributed by atoms with Crippen molar-refractivity contribution in [3.63, 3.8) is 0 Å². The molecule has 364 valence electrons. The van der Waals surface area contributed by atoms with E-state index >= 15 is 0 Å². The second-order valence-corrected chi connectivity index (χ2v) is 18.0. The molecule has 0 rings (SSSR count). The molecule has 0 aliphatic heterocycles. The molecule has 0 saturated carbocycles. The predicted octanol–water partition coefficient (Wildman–Crippen LogP) is 15.7. The molecular weight excluding hydrogens is 773 g/mol. The summed E-state index contributed by atoms with van der Waals surface area (Å²) in [5, 5.41) is 2.86. The molecule has 0 aromatic rings. The van der Waals surface area contributed by atoms with Crippen LogP contribution in [0, 0.1) is 0 Å². The van der Waals surface area contributed by atoms with Crippen molar-refractivity contribution in [1.82, 2.24) is 10.2 Å². The van der Waals surface area contributed by atoms with E-state index in [2.05, 4.69) is 76.1 Å². The summed E-state index contributed by atoms with van der Waals surface area (Å²) in [6, 6.07) is 0. The van der Waals surface area contributed by atoms with Gasteiger partial charge in [-0.3, -0.25) is 4.79 Å². The number of ether oxygens (including phenoxy) is 3. The molecule has 0 radical (unpaired) electrons. The van der Waals surface area contributed by atoms with E-state index in [0.29, 0.717) is 25.9 Å². The fraction of sp³-hybridized carbons (Fsp3) is 0.870. The van der Waals surface area contributed by atoms with E-state index in [4.69, 9.17) is 14.2 Å². The number of amides is 1. The zero-order valence-corrected chi connectivity index (χ0v) is 41.9. The van der Waals surface area contributed by atoms with E-state index < -0.39 is 23.6 Å². The summed E-state index contributed by atoms with van der Waals surface area (Å²) in [6.07, 6.45) is 43.9. The number of nitrogens with zero attached hydrogens (tertiary/aromatic N) is 1. The topological polar surface area (TPSA) is 94.2 Å². The number of carbonyl (C=O) groups excluding carboxylic acids is 3. The van der Waals surface area contributed by atoms with E-state index in [0.717, 1.165) is 109 Å². The summed E-state index contributed by atoms with van der Waals surface area (Å²) >= 11 is 0. The number of carbonyl (C=O) groups is 3. The van der Waals surface area contributed by atoms with E-state index in [-0.39, 0.29) is 25.6 Å². The molecule has 0 aromatic heterocycles. The Kier molecular flexibility index (Phi) is 43.5. The normalized spacial score (nSPS) is 12.8. The van der Waals surface area contributed by atoms with Crippen LogP contribution in [0.3, 0.4) is 0 Å². The molecule has 1 N–H and O–H groups in total. The minimum Gasteiger partial charge on any atom is -0.459 e. The first-order valence-electron chi connectivity index (χ1n) is 26.7. The molecule has 62 heavy (non-hydrogen) atoms. The van der Waals surface area contributed by atoms with Crippen molar-refractivity contribution in [2.75, 3.05) is 32.8 Å². The van der Waals surface area contributed by atoms with Crippen LogP contribution in [0.15, 0.2) is 24.3 Å². The molecule has 8 nitrogen and oxygen atoms in total. The van der Waals surface area contributed by atoms with Crippen LogP contribution in [0.2, 0.25) is 0 Å². The van der Waals surface area contributed by atoms with Gasteiger partial charge in [0.25, 0.3) is 0 Å². The number of hydrogen-bond acceptors (Lipinski definition) is 7. The highest BCUT2D eigenvalue weighted by molar-refractivity contribution is 5.84. The number of hydrogen-bond donors (Lipinski definition) is 1. The van der Waals surface area contributed by atoms with Gasteiger partial charge in [-0.25, -0.2) is 9.59 Å². The lowest BCUT2D eigenvalue weighted by Crippen LogP contribution is -2.51. The lowest BCUT2D eigenvalue weighted by Gasteiger charge is -2.33. The van der Waals surface area contributed by atoms with Gasteiger partial charge >= 0.3 is 18.0 Å². The second kappa shape index (κ2) is 45.2. The zero-order chi connectivity index (χ0) is 45.6. The van der Waals surface area contributed by atoms with Crippen LogP contribution in [0.1, 0.15) is 260 Å². The fourth-order valence-electron chi connectivity index (χ4n) is 7.99. The maximum atomic E-state index is 14.6. The summed E-state index contributed by atoms with van der Waals surface area (Å²) in [5.41, 5.74) is -1.67. The lowest BCUT2D eigenvalue weighted by atomic mass is 9.95. The summed E-state index contributed by atoms with van der Waals surface area (Å²) < 4.78 is 18.6. The van der Waals surface area contributed by atoms with Gasteiger partial charge in [-0.2, -0.15) is 0 Å². The number of likely N-dealkylation sites (N-methyl/N-ethyl adjacent to an activating group) is 1. The van der Waals surface area contributed by atoms with Gasteiger partial charge in [-0.05, 0) is 83.7 Å². The molecule has 0 heterocycles. The molecule has 8 heteroatoms. The number of rotatable bonds is 46. The molecule has 0 spiro atoms. The summed E-state index contributed by atoms with van der Waals surface area (Å²) in [4.78, 5) is 43.7. The van der Waals surface area contributed by atoms with Crippen molar-refractivity contribution >= 4 is 18.0 Å². The Labute approximate surface area is 384 Å². The summed E-state index contributed by atoms with van der Waals surface area (Å²) in [6.45, 7) is 15.7. The largest absolute Gasteiger partial charge is 0.459 e. The fourth-order valence-corrected chi connectivity index (χ4v) is 7.99. The average Bonchev–Trinajstić information content (AvgIpc) is 3.27. The first-order valence-corrected chi connectivity index (χ1v) is 26.7. The van der Waals surface area contributed by atoms with Crippen LogP contribution < -0.4 is 5.32 Å². The van der Waals surface area contributed by atoms with Gasteiger partial charge < -0.3 is 24.4 Å². The van der Waals surface area contributed by atoms with Crippen molar-refractivity contribution in [2.24, 2.45) is 0 Å². The highest BCUT2D eigenvalue weighted by Crippen LogP contribution is 2.28. The number of allylic oxidation sites excluding steroid dienone is 4. The molecule has 1 atom stereocenters. The molecule has 1 unspecified atom stereocenters. The van der Waals surface area contributed by atoms with E-state index in [1.165, 1.54) is 96.3 Å². The molecule has 0 aliphatic carbocycles. The second-order valence-electron chi connectivity index (χ2n) is 18.0. The summed E-state index contributed by atoms with van der Waals surface area (Å²) in [5.74, 6) is -0.959. The highest BCUT2D eigenvalue weighted by Gasteiger charge is 2.46. The first kappa shape index (κ1) is 59.6. The number of esters is 2. The van der Waals surface area contributed by atoms with Gasteiger partial charge in [0.15, 0.2) is 0 Å². The van der Waals surface area contributed by atoms with Gasteiger partial charge in [0.2, 0.25) is 5.60 Å². The van der Waals surface area contributed by atoms with Crippen LogP contribution in [0.25, 0.3) is 0 Å². The maximum absolute atomic E-state index is 14.6. The number of alkyl carbamates (subject to hydrolysis) is 1. The predicted molar refractivity (Wildman–Crippen MR) is 264 cm³/mol. The quantitative estimate of drug-likeness (QED) is 0.0282. The van der Waals surface area contributed by atoms with Crippen molar-refractivity contribution < 1.29 is 28.6 Å². The van der Waals surface area contributed by atoms with Crippen molar-refractivity contribution in [3.05, 3.63) is 24.3 Å². The van der Waals surface area contributed by atoms with E-state index in [9.17, 15) is 14.4 Å². The molecule has 0 aromatic carbocycles. The Morgan fingerprint density at radius 3 is 1.53 bits per heavy atom. The van der Waals surface area contributed by atoms with Crippen LogP contribution >= 0.6 is 0 Å². The third kappa shape index (κ3) is 36.0. The van der Waals surface area contributed by atoms with Gasteiger partial charge in [-0.1, -0.05) is 201 Å². The molecule has 0 fully saturated rings. The van der Waals surface area contributed by atoms with Crippen molar-refractivity contribution in [3.8, 4) is 0 Å². The van der Waals surface area contributed by atoms with Gasteiger partial charge in [-0.15, -0.1) is 0 Å². The Morgan fingerprint density at radius 1 is 0.548 bits per heavy atom. The molecule has 0 aliphatic rings. The minimum absolute atomic E-state index is 0.228. The van der Waals surface area contributed by atoms with Crippen molar-refractivity contribution in [1.29, 1.82) is 0 Å². The molecular formula is C54H102N2O6. The van der Waals surface area contributed by atoms with Crippen LogP contribution in [-0.4, -0.2) is 67.4 Å². The van der Waals surface area contributed by atoms with E-state index in [1.54, 1.807) is 0 Å². The van der Waals surface area contributed by atoms with Crippen LogP contribution in [0.4, 0.5) is 4.79 Å². The van der Waals surface area contributed by atoms with Crippen LogP contribution in [0.5, 0.6) is 0 Å². The van der Waals surface area contributed by atoms with E-state index in [1.807, 2.05) is 0 Å². The monoisotopic (exact) mass is 875 g/mol. The van der Waals surface area contributed by atoms with Crippen LogP contribution in [-0.2, 0) is 23.8 Å². The molecule has 0 saturated heterocycles. The zero-order valence-electron chi connectivity index (χ0n) is 41.9. The third-order valence-electron chi connectivity index (χ3n) is 12.3. The average molecular weight is 875 g/mol. The Balaban J connectivity index is 5.88. The first-order chi connectivity index (χ1) is 30.3. The minimum atomic E-state index is -1.67. The lowest BCUT2D eigenvalue weighted by molar-refractivity contribution is -0.193. The van der Waals surface area contributed by atoms with Gasteiger partial charge in [0.1, 0.15) is 12.7 Å². The smallest absolute Gasteiger partial charge is 0.407 e. The molecule has 1 amide bonds. The van der Waals surface area contributed by atoms with Gasteiger partial charge in [0.05, 0.1) is 0 Å². The van der Waals surface area contributed by atoms with Gasteiger partial charge in [0, 0.05) is 25.9 Å². The van der Waals surface area contributed by atoms with Crippen molar-refractivity contribution in [2.45, 2.75) is 272 Å². The Bertz CT molecular complexity index is 1060. The summed E-state index contributed by atoms with van der Waals surface area (Å²) in [7, 11) is 0. The number of unbranched alkanes of at least 4 members (excludes halogenated alkanes) is 24.